The van der Waals surface area contributed by atoms with Gasteiger partial charge >= 0.3 is 10.1 Å². The van der Waals surface area contributed by atoms with Gasteiger partial charge in [-0.25, -0.2) is 8.42 Å². The van der Waals surface area contributed by atoms with E-state index in [1.165, 1.54) is 43.3 Å². The van der Waals surface area contributed by atoms with Gasteiger partial charge in [-0.1, -0.05) is 28.9 Å². The Morgan fingerprint density at radius 3 is 2.09 bits per heavy atom. The Morgan fingerprint density at radius 1 is 0.955 bits per heavy atom. The average Bonchev–Trinajstić information content (AvgIpc) is 2.47. The van der Waals surface area contributed by atoms with Crippen LogP contribution in [-0.2, 0) is 20.0 Å². The minimum Gasteiger partial charge on any atom is -0.379 e. The summed E-state index contributed by atoms with van der Waals surface area (Å²) in [5.41, 5.74) is 0. The summed E-state index contributed by atoms with van der Waals surface area (Å²) >= 11 is 3.22. The maximum absolute atomic E-state index is 12.2. The van der Waals surface area contributed by atoms with Crippen LogP contribution in [0.1, 0.15) is 6.92 Å². The Hall–Kier alpha value is -1.38. The molecule has 8 heteroatoms. The second kappa shape index (κ2) is 6.39. The van der Waals surface area contributed by atoms with Gasteiger partial charge in [-0.3, -0.25) is 0 Å². The van der Waals surface area contributed by atoms with Gasteiger partial charge in [-0.05, 0) is 42.5 Å². The molecule has 0 N–H and O–H groups in total. The van der Waals surface area contributed by atoms with Crippen LogP contribution in [0.3, 0.4) is 0 Å². The molecule has 2 rings (SSSR count). The minimum absolute atomic E-state index is 0.0480. The van der Waals surface area contributed by atoms with Crippen LogP contribution in [0.2, 0.25) is 0 Å². The molecular formula is C14H13BrO5S2. The summed E-state index contributed by atoms with van der Waals surface area (Å²) in [7, 11) is -7.38. The van der Waals surface area contributed by atoms with E-state index in [0.29, 0.717) is 4.47 Å². The molecule has 0 heterocycles. The average molecular weight is 405 g/mol. The molecule has 0 bridgehead atoms. The van der Waals surface area contributed by atoms with E-state index in [0.717, 1.165) is 0 Å². The molecule has 0 atom stereocenters. The zero-order valence-corrected chi connectivity index (χ0v) is 14.8. The molecule has 118 valence electrons. The Morgan fingerprint density at radius 2 is 1.55 bits per heavy atom. The topological polar surface area (TPSA) is 77.5 Å². The molecule has 0 amide bonds. The molecule has 0 spiro atoms. The van der Waals surface area contributed by atoms with E-state index in [1.807, 2.05) is 0 Å². The molecule has 2 aromatic carbocycles. The van der Waals surface area contributed by atoms with Gasteiger partial charge in [0, 0.05) is 4.47 Å². The summed E-state index contributed by atoms with van der Waals surface area (Å²) in [5, 5.41) is 0. The summed E-state index contributed by atoms with van der Waals surface area (Å²) in [4.78, 5) is -0.0288. The maximum Gasteiger partial charge on any atom is 0.339 e. The zero-order chi connectivity index (χ0) is 16.4. The number of benzene rings is 2. The third-order valence-electron chi connectivity index (χ3n) is 2.85. The van der Waals surface area contributed by atoms with Gasteiger partial charge in [0.2, 0.25) is 0 Å². The highest BCUT2D eigenvalue weighted by molar-refractivity contribution is 9.10. The van der Waals surface area contributed by atoms with Crippen LogP contribution in [0.15, 0.2) is 62.8 Å². The first-order valence-electron chi connectivity index (χ1n) is 6.27. The van der Waals surface area contributed by atoms with Gasteiger partial charge in [0.15, 0.2) is 9.84 Å². The Bertz CT molecular complexity index is 872. The van der Waals surface area contributed by atoms with Crippen LogP contribution in [0.4, 0.5) is 0 Å². The Labute approximate surface area is 138 Å². The normalized spacial score (nSPS) is 12.1. The monoisotopic (exact) mass is 404 g/mol. The standard InChI is InChI=1S/C14H13BrO5S2/c1-2-21(16,17)13-6-8-14(9-7-13)22(18,19)20-12-5-3-4-11(15)10-12/h3-10H,2H2,1H3. The van der Waals surface area contributed by atoms with Crippen molar-refractivity contribution in [3.8, 4) is 5.75 Å². The van der Waals surface area contributed by atoms with E-state index in [1.54, 1.807) is 12.1 Å². The van der Waals surface area contributed by atoms with Gasteiger partial charge in [-0.2, -0.15) is 8.42 Å². The van der Waals surface area contributed by atoms with Crippen molar-refractivity contribution in [3.05, 3.63) is 53.0 Å². The van der Waals surface area contributed by atoms with Crippen LogP contribution in [-0.4, -0.2) is 22.6 Å². The van der Waals surface area contributed by atoms with Gasteiger partial charge in [0.25, 0.3) is 0 Å². The molecule has 0 radical (unpaired) electrons. The van der Waals surface area contributed by atoms with Gasteiger partial charge in [-0.15, -0.1) is 0 Å². The second-order valence-electron chi connectivity index (χ2n) is 4.37. The molecule has 22 heavy (non-hydrogen) atoms. The molecule has 0 saturated heterocycles. The molecule has 5 nitrogen and oxygen atoms in total. The molecule has 0 aliphatic rings. The SMILES string of the molecule is CCS(=O)(=O)c1ccc(S(=O)(=O)Oc2cccc(Br)c2)cc1. The van der Waals surface area contributed by atoms with Crippen LogP contribution >= 0.6 is 15.9 Å². The predicted molar refractivity (Wildman–Crippen MR) is 86.1 cm³/mol. The summed E-state index contributed by atoms with van der Waals surface area (Å²) < 4.78 is 53.4. The summed E-state index contributed by atoms with van der Waals surface area (Å²) in [6.07, 6.45) is 0. The van der Waals surface area contributed by atoms with Crippen molar-refractivity contribution < 1.29 is 21.0 Å². The van der Waals surface area contributed by atoms with Crippen molar-refractivity contribution in [1.82, 2.24) is 0 Å². The van der Waals surface area contributed by atoms with E-state index in [4.69, 9.17) is 4.18 Å². The third-order valence-corrected chi connectivity index (χ3v) is 6.36. The van der Waals surface area contributed by atoms with Crippen LogP contribution in [0.5, 0.6) is 5.75 Å². The highest BCUT2D eigenvalue weighted by Crippen LogP contribution is 2.23. The Kier molecular flexibility index (Phi) is 4.93. The molecule has 0 aliphatic carbocycles. The van der Waals surface area contributed by atoms with Crippen molar-refractivity contribution in [3.63, 3.8) is 0 Å². The molecule has 0 fully saturated rings. The first kappa shape index (κ1) is 17.0. The maximum atomic E-state index is 12.2. The fourth-order valence-corrected chi connectivity index (χ4v) is 3.86. The number of hydrogen-bond acceptors (Lipinski definition) is 5. The Balaban J connectivity index is 2.31. The highest BCUT2D eigenvalue weighted by atomic mass is 79.9. The van der Waals surface area contributed by atoms with E-state index in [9.17, 15) is 16.8 Å². The smallest absolute Gasteiger partial charge is 0.339 e. The molecule has 0 saturated carbocycles. The predicted octanol–water partition coefficient (Wildman–Crippen LogP) is 3.01. The quantitative estimate of drug-likeness (QED) is 0.715. The number of hydrogen-bond donors (Lipinski definition) is 0. The fraction of sp³-hybridized carbons (Fsp3) is 0.143. The largest absolute Gasteiger partial charge is 0.379 e. The zero-order valence-electron chi connectivity index (χ0n) is 11.6. The lowest BCUT2D eigenvalue weighted by molar-refractivity contribution is 0.485. The van der Waals surface area contributed by atoms with Crippen molar-refractivity contribution >= 4 is 35.9 Å². The van der Waals surface area contributed by atoms with Crippen molar-refractivity contribution in [2.24, 2.45) is 0 Å². The van der Waals surface area contributed by atoms with E-state index >= 15 is 0 Å². The lowest BCUT2D eigenvalue weighted by atomic mass is 10.3. The van der Waals surface area contributed by atoms with Gasteiger partial charge < -0.3 is 4.18 Å². The molecule has 0 unspecified atom stereocenters. The number of sulfone groups is 1. The van der Waals surface area contributed by atoms with Crippen molar-refractivity contribution in [2.45, 2.75) is 16.7 Å². The minimum atomic E-state index is -4.01. The van der Waals surface area contributed by atoms with E-state index in [2.05, 4.69) is 15.9 Å². The molecular weight excluding hydrogens is 392 g/mol. The second-order valence-corrected chi connectivity index (χ2v) is 9.11. The van der Waals surface area contributed by atoms with Crippen molar-refractivity contribution in [2.75, 3.05) is 5.75 Å². The fourth-order valence-electron chi connectivity index (χ4n) is 1.67. The summed E-state index contributed by atoms with van der Waals surface area (Å²) in [6, 6.07) is 11.4. The molecule has 2 aromatic rings. The first-order chi connectivity index (χ1) is 10.2. The van der Waals surface area contributed by atoms with E-state index in [-0.39, 0.29) is 21.3 Å². The molecule has 0 aliphatic heterocycles. The molecule has 0 aromatic heterocycles. The van der Waals surface area contributed by atoms with Crippen LogP contribution in [0.25, 0.3) is 0 Å². The lowest BCUT2D eigenvalue weighted by Gasteiger charge is -2.08. The number of halogens is 1. The van der Waals surface area contributed by atoms with Gasteiger partial charge in [0.1, 0.15) is 10.6 Å². The highest BCUT2D eigenvalue weighted by Gasteiger charge is 2.18. The lowest BCUT2D eigenvalue weighted by Crippen LogP contribution is -2.10. The van der Waals surface area contributed by atoms with Crippen LogP contribution in [0, 0.1) is 0 Å². The van der Waals surface area contributed by atoms with Crippen molar-refractivity contribution in [1.29, 1.82) is 0 Å². The van der Waals surface area contributed by atoms with Crippen LogP contribution < -0.4 is 4.18 Å². The van der Waals surface area contributed by atoms with Gasteiger partial charge in [0.05, 0.1) is 10.6 Å². The third kappa shape index (κ3) is 3.88. The van der Waals surface area contributed by atoms with E-state index < -0.39 is 20.0 Å². The summed E-state index contributed by atoms with van der Waals surface area (Å²) in [6.45, 7) is 1.52. The summed E-state index contributed by atoms with van der Waals surface area (Å²) in [5.74, 6) is 0.118. The number of rotatable bonds is 5. The first-order valence-corrected chi connectivity index (χ1v) is 10.1.